The third kappa shape index (κ3) is 7.03. The highest BCUT2D eigenvalue weighted by Crippen LogP contribution is 2.43. The van der Waals surface area contributed by atoms with Crippen LogP contribution in [0.2, 0.25) is 0 Å². The number of carbonyl (C=O) groups excluding carboxylic acids is 1. The van der Waals surface area contributed by atoms with Crippen molar-refractivity contribution in [1.29, 1.82) is 0 Å². The monoisotopic (exact) mass is 702 g/mol. The van der Waals surface area contributed by atoms with Crippen molar-refractivity contribution in [3.8, 4) is 22.5 Å². The lowest BCUT2D eigenvalue weighted by Crippen LogP contribution is -2.39. The van der Waals surface area contributed by atoms with Gasteiger partial charge in [-0.25, -0.2) is 14.5 Å². The maximum atomic E-state index is 13.2. The Morgan fingerprint density at radius 2 is 1.30 bits per heavy atom. The van der Waals surface area contributed by atoms with E-state index in [0.717, 1.165) is 51.8 Å². The minimum absolute atomic E-state index is 0.0508. The van der Waals surface area contributed by atoms with Gasteiger partial charge in [0.15, 0.2) is 11.5 Å². The lowest BCUT2D eigenvalue weighted by atomic mass is 9.77. The molecule has 0 unspecified atom stereocenters. The molecule has 7 rings (SSSR count). The molecule has 9 nitrogen and oxygen atoms in total. The van der Waals surface area contributed by atoms with Gasteiger partial charge in [-0.1, -0.05) is 153 Å². The van der Waals surface area contributed by atoms with Crippen LogP contribution in [0, 0.1) is 0 Å². The maximum Gasteiger partial charge on any atom is 0.359 e. The van der Waals surface area contributed by atoms with Crippen molar-refractivity contribution < 1.29 is 14.6 Å². The normalized spacial score (nSPS) is 11.8. The zero-order valence-electron chi connectivity index (χ0n) is 30.1. The van der Waals surface area contributed by atoms with E-state index < -0.39 is 17.1 Å². The number of hydrogen-bond donors (Lipinski definition) is 2. The fraction of sp³-hybridized carbons (Fsp3) is 0.205. The summed E-state index contributed by atoms with van der Waals surface area (Å²) in [6, 6.07) is 47.0. The second-order valence-corrected chi connectivity index (χ2v) is 13.6. The number of aromatic amines is 1. The fourth-order valence-electron chi connectivity index (χ4n) is 6.89. The van der Waals surface area contributed by atoms with Gasteiger partial charge in [0, 0.05) is 12.0 Å². The summed E-state index contributed by atoms with van der Waals surface area (Å²) < 4.78 is 7.65. The third-order valence-corrected chi connectivity index (χ3v) is 9.49. The molecule has 9 heteroatoms. The van der Waals surface area contributed by atoms with Crippen molar-refractivity contribution in [2.24, 2.45) is 0 Å². The average molecular weight is 703 g/mol. The number of rotatable bonds is 13. The number of H-pyrrole nitrogens is 1. The molecule has 2 aromatic heterocycles. The number of esters is 1. The molecule has 0 aliphatic rings. The second-order valence-electron chi connectivity index (χ2n) is 13.6. The molecule has 0 radical (unpaired) electrons. The number of hydrogen-bond acceptors (Lipinski definition) is 7. The third-order valence-electron chi connectivity index (χ3n) is 9.49. The van der Waals surface area contributed by atoms with Crippen LogP contribution >= 0.6 is 0 Å². The first-order chi connectivity index (χ1) is 25.8. The highest BCUT2D eigenvalue weighted by molar-refractivity contribution is 5.89. The number of aromatic nitrogens is 6. The highest BCUT2D eigenvalue weighted by atomic mass is 16.5. The summed E-state index contributed by atoms with van der Waals surface area (Å²) in [4.78, 5) is 20.8. The van der Waals surface area contributed by atoms with Gasteiger partial charge in [0.2, 0.25) is 0 Å². The molecule has 0 fully saturated rings. The van der Waals surface area contributed by atoms with Gasteiger partial charge in [0.25, 0.3) is 0 Å². The van der Waals surface area contributed by atoms with E-state index >= 15 is 0 Å². The van der Waals surface area contributed by atoms with Crippen LogP contribution in [0.1, 0.15) is 77.9 Å². The van der Waals surface area contributed by atoms with Gasteiger partial charge in [0.1, 0.15) is 23.6 Å². The Labute approximate surface area is 309 Å². The van der Waals surface area contributed by atoms with Crippen LogP contribution < -0.4 is 0 Å². The van der Waals surface area contributed by atoms with E-state index in [0.29, 0.717) is 23.8 Å². The van der Waals surface area contributed by atoms with E-state index in [9.17, 15) is 9.90 Å². The summed E-state index contributed by atoms with van der Waals surface area (Å²) in [6.07, 6.45) is 2.60. The standard InChI is InChI=1S/C44H42N6O3/c1-4-5-25-38-45-39(40(46-38)43(2,3)52)42(51)53-30-31-26-28-32(29-27-31)36-23-15-16-24-37(36)41-47-48-49-50(41)44(33-17-9-6-10-18-33,34-19-11-7-12-20-34)35-21-13-8-14-22-35/h6-24,26-29,52H,4-5,25,30H2,1-3H3,(H,45,46). The Balaban J connectivity index is 1.23. The molecule has 0 bridgehead atoms. The largest absolute Gasteiger partial charge is 0.456 e. The molecule has 0 amide bonds. The summed E-state index contributed by atoms with van der Waals surface area (Å²) in [5.41, 5.74) is 4.93. The Bertz CT molecular complexity index is 2180. The number of ether oxygens (including phenoxy) is 1. The molecule has 0 spiro atoms. The number of nitrogens with one attached hydrogen (secondary N) is 1. The van der Waals surface area contributed by atoms with Crippen LogP contribution in [0.3, 0.4) is 0 Å². The topological polar surface area (TPSA) is 119 Å². The number of aliphatic hydroxyl groups is 1. The van der Waals surface area contributed by atoms with Crippen molar-refractivity contribution in [3.63, 3.8) is 0 Å². The Morgan fingerprint density at radius 3 is 1.85 bits per heavy atom. The van der Waals surface area contributed by atoms with E-state index in [2.05, 4.69) is 69.7 Å². The first-order valence-corrected chi connectivity index (χ1v) is 17.9. The molecule has 2 heterocycles. The molecule has 0 atom stereocenters. The summed E-state index contributed by atoms with van der Waals surface area (Å²) in [6.45, 7) is 5.40. The smallest absolute Gasteiger partial charge is 0.359 e. The Morgan fingerprint density at radius 1 is 0.755 bits per heavy atom. The van der Waals surface area contributed by atoms with E-state index in [1.54, 1.807) is 13.8 Å². The van der Waals surface area contributed by atoms with Gasteiger partial charge in [-0.2, -0.15) is 0 Å². The molecule has 0 saturated carbocycles. The van der Waals surface area contributed by atoms with Crippen LogP contribution in [0.25, 0.3) is 22.5 Å². The minimum atomic E-state index is -1.27. The van der Waals surface area contributed by atoms with Crippen molar-refractivity contribution in [3.05, 3.63) is 179 Å². The summed E-state index contributed by atoms with van der Waals surface area (Å²) in [7, 11) is 0. The van der Waals surface area contributed by atoms with Crippen LogP contribution in [0.5, 0.6) is 0 Å². The zero-order valence-corrected chi connectivity index (χ0v) is 30.1. The molecule has 2 N–H and O–H groups in total. The van der Waals surface area contributed by atoms with Crippen molar-refractivity contribution >= 4 is 5.97 Å². The number of aryl methyl sites for hydroxylation is 1. The molecular formula is C44H42N6O3. The maximum absolute atomic E-state index is 13.2. The van der Waals surface area contributed by atoms with Crippen LogP contribution in [0.4, 0.5) is 0 Å². The molecule has 0 aliphatic heterocycles. The zero-order chi connectivity index (χ0) is 36.8. The summed E-state index contributed by atoms with van der Waals surface area (Å²) in [5, 5.41) is 24.4. The first kappa shape index (κ1) is 35.2. The average Bonchev–Trinajstić information content (AvgIpc) is 3.87. The molecule has 53 heavy (non-hydrogen) atoms. The van der Waals surface area contributed by atoms with Crippen molar-refractivity contribution in [2.45, 2.75) is 57.8 Å². The number of unbranched alkanes of at least 4 members (excludes halogenated alkanes) is 1. The van der Waals surface area contributed by atoms with Gasteiger partial charge in [-0.05, 0) is 64.1 Å². The first-order valence-electron chi connectivity index (χ1n) is 17.9. The second kappa shape index (κ2) is 15.2. The van der Waals surface area contributed by atoms with Crippen LogP contribution in [-0.4, -0.2) is 41.3 Å². The van der Waals surface area contributed by atoms with E-state index in [1.165, 1.54) is 0 Å². The summed E-state index contributed by atoms with van der Waals surface area (Å²) >= 11 is 0. The Kier molecular flexibility index (Phi) is 10.1. The van der Waals surface area contributed by atoms with Crippen LogP contribution in [-0.2, 0) is 28.9 Å². The SMILES string of the molecule is CCCCc1nc(C(=O)OCc2ccc(-c3ccccc3-c3nnnn3C(c3ccccc3)(c3ccccc3)c3ccccc3)cc2)c(C(C)(C)O)[nH]1. The molecule has 7 aromatic rings. The Hall–Kier alpha value is -6.19. The van der Waals surface area contributed by atoms with Gasteiger partial charge in [-0.3, -0.25) is 0 Å². The lowest BCUT2D eigenvalue weighted by molar-refractivity contribution is 0.0428. The minimum Gasteiger partial charge on any atom is -0.456 e. The lowest BCUT2D eigenvalue weighted by Gasteiger charge is -2.36. The molecular weight excluding hydrogens is 661 g/mol. The number of benzene rings is 5. The molecule has 0 saturated heterocycles. The van der Waals surface area contributed by atoms with Gasteiger partial charge >= 0.3 is 5.97 Å². The predicted molar refractivity (Wildman–Crippen MR) is 205 cm³/mol. The van der Waals surface area contributed by atoms with Crippen LogP contribution in [0.15, 0.2) is 140 Å². The number of carbonyl (C=O) groups is 1. The van der Waals surface area contributed by atoms with Gasteiger partial charge in [0.05, 0.1) is 5.69 Å². The van der Waals surface area contributed by atoms with E-state index in [-0.39, 0.29) is 12.3 Å². The quantitative estimate of drug-likeness (QED) is 0.0914. The van der Waals surface area contributed by atoms with E-state index in [4.69, 9.17) is 9.95 Å². The highest BCUT2D eigenvalue weighted by Gasteiger charge is 2.42. The molecule has 0 aliphatic carbocycles. The van der Waals surface area contributed by atoms with Crippen molar-refractivity contribution in [2.75, 3.05) is 0 Å². The van der Waals surface area contributed by atoms with Gasteiger partial charge in [-0.15, -0.1) is 5.10 Å². The van der Waals surface area contributed by atoms with E-state index in [1.807, 2.05) is 102 Å². The predicted octanol–water partition coefficient (Wildman–Crippen LogP) is 8.50. The fourth-order valence-corrected chi connectivity index (χ4v) is 6.89. The molecule has 5 aromatic carbocycles. The number of imidazole rings is 1. The van der Waals surface area contributed by atoms with Gasteiger partial charge < -0.3 is 14.8 Å². The number of nitrogens with zero attached hydrogens (tertiary/aromatic N) is 5. The van der Waals surface area contributed by atoms with Crippen molar-refractivity contribution in [1.82, 2.24) is 30.2 Å². The summed E-state index contributed by atoms with van der Waals surface area (Å²) in [5.74, 6) is 0.690. The number of tetrazole rings is 1. The molecule has 266 valence electrons.